The summed E-state index contributed by atoms with van der Waals surface area (Å²) in [5, 5.41) is 12.3. The number of carbonyl (C=O) groups is 1. The van der Waals surface area contributed by atoms with Crippen LogP contribution in [0.4, 0.5) is 0 Å². The fraction of sp³-hybridized carbons (Fsp3) is 0.133. The summed E-state index contributed by atoms with van der Waals surface area (Å²) >= 11 is 0. The van der Waals surface area contributed by atoms with Crippen LogP contribution in [-0.4, -0.2) is 17.6 Å². The van der Waals surface area contributed by atoms with Gasteiger partial charge >= 0.3 is 0 Å². The monoisotopic (exact) mass is 241 g/mol. The Morgan fingerprint density at radius 1 is 1.00 bits per heavy atom. The van der Waals surface area contributed by atoms with Gasteiger partial charge < -0.3 is 10.4 Å². The third-order valence-corrected chi connectivity index (χ3v) is 2.69. The quantitative estimate of drug-likeness (QED) is 0.863. The van der Waals surface area contributed by atoms with Gasteiger partial charge in [-0.3, -0.25) is 4.79 Å². The van der Waals surface area contributed by atoms with E-state index in [-0.39, 0.29) is 11.7 Å². The van der Waals surface area contributed by atoms with Crippen molar-refractivity contribution in [1.82, 2.24) is 5.32 Å². The molecule has 0 saturated carbocycles. The first kappa shape index (κ1) is 12.2. The van der Waals surface area contributed by atoms with Crippen molar-refractivity contribution in [2.75, 3.05) is 6.54 Å². The molecule has 3 heteroatoms. The maximum Gasteiger partial charge on any atom is 0.255 e. The zero-order valence-corrected chi connectivity index (χ0v) is 9.97. The summed E-state index contributed by atoms with van der Waals surface area (Å²) in [5.41, 5.74) is 1.49. The smallest absolute Gasteiger partial charge is 0.255 e. The summed E-state index contributed by atoms with van der Waals surface area (Å²) in [4.78, 5) is 11.8. The summed E-state index contributed by atoms with van der Waals surface area (Å²) in [6.07, 6.45) is 0.778. The molecule has 0 aliphatic carbocycles. The molecule has 0 spiro atoms. The summed E-state index contributed by atoms with van der Waals surface area (Å²) in [6.45, 7) is 0.553. The molecule has 18 heavy (non-hydrogen) atoms. The van der Waals surface area contributed by atoms with Crippen LogP contribution in [0.15, 0.2) is 54.6 Å². The Kier molecular flexibility index (Phi) is 3.97. The first-order valence-electron chi connectivity index (χ1n) is 5.87. The standard InChI is InChI=1S/C15H15NO2/c17-14-9-5-4-8-13(14)15(18)16-11-10-12-6-2-1-3-7-12/h1-9,17H,10-11H2,(H,16,18). The number of carbonyl (C=O) groups excluding carboxylic acids is 1. The lowest BCUT2D eigenvalue weighted by Crippen LogP contribution is -2.25. The van der Waals surface area contributed by atoms with Crippen molar-refractivity contribution < 1.29 is 9.90 Å². The average molecular weight is 241 g/mol. The maximum atomic E-state index is 11.8. The van der Waals surface area contributed by atoms with Gasteiger partial charge in [-0.2, -0.15) is 0 Å². The van der Waals surface area contributed by atoms with Crippen molar-refractivity contribution in [1.29, 1.82) is 0 Å². The Balaban J connectivity index is 1.88. The topological polar surface area (TPSA) is 49.3 Å². The minimum atomic E-state index is -0.246. The number of benzene rings is 2. The number of phenols is 1. The van der Waals surface area contributed by atoms with Gasteiger partial charge in [0, 0.05) is 6.54 Å². The van der Waals surface area contributed by atoms with Crippen LogP contribution in [0.25, 0.3) is 0 Å². The molecule has 0 unspecified atom stereocenters. The molecule has 2 rings (SSSR count). The molecule has 2 aromatic carbocycles. The number of phenolic OH excluding ortho intramolecular Hbond substituents is 1. The second kappa shape index (κ2) is 5.87. The van der Waals surface area contributed by atoms with Gasteiger partial charge in [0.1, 0.15) is 5.75 Å². The molecule has 0 radical (unpaired) electrons. The number of hydrogen-bond donors (Lipinski definition) is 2. The summed E-state index contributed by atoms with van der Waals surface area (Å²) in [5.74, 6) is -0.237. The van der Waals surface area contributed by atoms with Gasteiger partial charge in [-0.25, -0.2) is 0 Å². The van der Waals surface area contributed by atoms with E-state index in [1.165, 1.54) is 11.6 Å². The predicted octanol–water partition coefficient (Wildman–Crippen LogP) is 2.36. The molecule has 2 N–H and O–H groups in total. The second-order valence-electron chi connectivity index (χ2n) is 4.01. The molecular formula is C15H15NO2. The molecule has 0 aliphatic rings. The van der Waals surface area contributed by atoms with E-state index < -0.39 is 0 Å². The van der Waals surface area contributed by atoms with E-state index in [4.69, 9.17) is 0 Å². The van der Waals surface area contributed by atoms with E-state index in [1.807, 2.05) is 30.3 Å². The Hall–Kier alpha value is -2.29. The zero-order chi connectivity index (χ0) is 12.8. The molecule has 2 aromatic rings. The summed E-state index contributed by atoms with van der Waals surface area (Å²) in [7, 11) is 0. The minimum absolute atomic E-state index is 0.00899. The first-order chi connectivity index (χ1) is 8.77. The van der Waals surface area contributed by atoms with Gasteiger partial charge in [0.2, 0.25) is 0 Å². The highest BCUT2D eigenvalue weighted by Crippen LogP contribution is 2.14. The Morgan fingerprint density at radius 3 is 2.39 bits per heavy atom. The Labute approximate surface area is 106 Å². The third kappa shape index (κ3) is 3.10. The lowest BCUT2D eigenvalue weighted by atomic mass is 10.1. The normalized spacial score (nSPS) is 10.0. The SMILES string of the molecule is O=C(NCCc1ccccc1)c1ccccc1O. The zero-order valence-electron chi connectivity index (χ0n) is 9.97. The number of hydrogen-bond acceptors (Lipinski definition) is 2. The molecule has 1 amide bonds. The van der Waals surface area contributed by atoms with Crippen molar-refractivity contribution in [3.05, 3.63) is 65.7 Å². The van der Waals surface area contributed by atoms with Gasteiger partial charge in [-0.05, 0) is 24.1 Å². The molecule has 0 saturated heterocycles. The number of para-hydroxylation sites is 1. The van der Waals surface area contributed by atoms with Crippen molar-refractivity contribution in [2.24, 2.45) is 0 Å². The molecule has 0 heterocycles. The average Bonchev–Trinajstić information content (AvgIpc) is 2.40. The predicted molar refractivity (Wildman–Crippen MR) is 70.6 cm³/mol. The van der Waals surface area contributed by atoms with Crippen LogP contribution >= 0.6 is 0 Å². The Bertz CT molecular complexity index is 523. The first-order valence-corrected chi connectivity index (χ1v) is 5.87. The van der Waals surface area contributed by atoms with Crippen LogP contribution < -0.4 is 5.32 Å². The van der Waals surface area contributed by atoms with E-state index in [9.17, 15) is 9.90 Å². The highest BCUT2D eigenvalue weighted by molar-refractivity contribution is 5.96. The van der Waals surface area contributed by atoms with Crippen LogP contribution in [-0.2, 0) is 6.42 Å². The third-order valence-electron chi connectivity index (χ3n) is 2.69. The van der Waals surface area contributed by atoms with Crippen LogP contribution in [0.3, 0.4) is 0 Å². The molecular weight excluding hydrogens is 226 g/mol. The maximum absolute atomic E-state index is 11.8. The van der Waals surface area contributed by atoms with Crippen molar-refractivity contribution in [3.8, 4) is 5.75 Å². The van der Waals surface area contributed by atoms with E-state index in [1.54, 1.807) is 18.2 Å². The van der Waals surface area contributed by atoms with Crippen LogP contribution in [0.2, 0.25) is 0 Å². The van der Waals surface area contributed by atoms with Crippen molar-refractivity contribution >= 4 is 5.91 Å². The van der Waals surface area contributed by atoms with Gasteiger partial charge in [-0.15, -0.1) is 0 Å². The number of aromatic hydroxyl groups is 1. The summed E-state index contributed by atoms with van der Waals surface area (Å²) in [6, 6.07) is 16.5. The van der Waals surface area contributed by atoms with E-state index >= 15 is 0 Å². The van der Waals surface area contributed by atoms with Gasteiger partial charge in [0.05, 0.1) is 5.56 Å². The molecule has 0 atom stereocenters. The number of rotatable bonds is 4. The molecule has 92 valence electrons. The van der Waals surface area contributed by atoms with Crippen molar-refractivity contribution in [2.45, 2.75) is 6.42 Å². The van der Waals surface area contributed by atoms with Crippen LogP contribution in [0.1, 0.15) is 15.9 Å². The lowest BCUT2D eigenvalue weighted by molar-refractivity contribution is 0.0951. The van der Waals surface area contributed by atoms with Gasteiger partial charge in [0.15, 0.2) is 0 Å². The largest absolute Gasteiger partial charge is 0.507 e. The molecule has 0 fully saturated rings. The molecule has 0 bridgehead atoms. The van der Waals surface area contributed by atoms with Gasteiger partial charge in [0.25, 0.3) is 5.91 Å². The molecule has 3 nitrogen and oxygen atoms in total. The summed E-state index contributed by atoms with van der Waals surface area (Å²) < 4.78 is 0. The Morgan fingerprint density at radius 2 is 1.67 bits per heavy atom. The highest BCUT2D eigenvalue weighted by Gasteiger charge is 2.08. The van der Waals surface area contributed by atoms with Crippen LogP contribution in [0.5, 0.6) is 5.75 Å². The number of amides is 1. The fourth-order valence-electron chi connectivity index (χ4n) is 1.73. The molecule has 0 aliphatic heterocycles. The highest BCUT2D eigenvalue weighted by atomic mass is 16.3. The number of nitrogens with one attached hydrogen (secondary N) is 1. The van der Waals surface area contributed by atoms with Crippen molar-refractivity contribution in [3.63, 3.8) is 0 Å². The van der Waals surface area contributed by atoms with E-state index in [2.05, 4.69) is 5.32 Å². The van der Waals surface area contributed by atoms with E-state index in [0.717, 1.165) is 6.42 Å². The lowest BCUT2D eigenvalue weighted by Gasteiger charge is -2.06. The molecule has 0 aromatic heterocycles. The van der Waals surface area contributed by atoms with Crippen LogP contribution in [0, 0.1) is 0 Å². The van der Waals surface area contributed by atoms with Gasteiger partial charge in [-0.1, -0.05) is 42.5 Å². The second-order valence-corrected chi connectivity index (χ2v) is 4.01. The van der Waals surface area contributed by atoms with E-state index in [0.29, 0.717) is 12.1 Å². The minimum Gasteiger partial charge on any atom is -0.507 e. The fourth-order valence-corrected chi connectivity index (χ4v) is 1.73.